The fourth-order valence-corrected chi connectivity index (χ4v) is 5.65. The van der Waals surface area contributed by atoms with Gasteiger partial charge in [0.2, 0.25) is 5.91 Å². The zero-order chi connectivity index (χ0) is 30.9. The number of H-pyrrole nitrogens is 1. The number of halogens is 1. The van der Waals surface area contributed by atoms with Crippen molar-refractivity contribution in [2.24, 2.45) is 0 Å². The molecule has 0 aliphatic carbocycles. The van der Waals surface area contributed by atoms with Crippen LogP contribution in [0.2, 0.25) is 0 Å². The number of ether oxygens (including phenoxy) is 1. The van der Waals surface area contributed by atoms with E-state index in [2.05, 4.69) is 81.2 Å². The van der Waals surface area contributed by atoms with E-state index in [1.165, 1.54) is 87.3 Å². The molecule has 1 heterocycles. The van der Waals surface area contributed by atoms with Gasteiger partial charge in [-0.15, -0.1) is 0 Å². The molecule has 1 amide bonds. The van der Waals surface area contributed by atoms with Crippen LogP contribution < -0.4 is 31.6 Å². The van der Waals surface area contributed by atoms with E-state index in [-0.39, 0.29) is 28.3 Å². The molecule has 0 radical (unpaired) electrons. The molecule has 0 unspecified atom stereocenters. The summed E-state index contributed by atoms with van der Waals surface area (Å²) < 4.78 is 6.33. The lowest BCUT2D eigenvalue weighted by Gasteiger charge is -2.26. The minimum atomic E-state index is -0.0561. The highest BCUT2D eigenvalue weighted by Crippen LogP contribution is 2.33. The van der Waals surface area contributed by atoms with E-state index in [1.54, 1.807) is 6.92 Å². The molecule has 0 spiro atoms. The summed E-state index contributed by atoms with van der Waals surface area (Å²) in [5.74, 6) is 1.01. The van der Waals surface area contributed by atoms with Gasteiger partial charge in [0.15, 0.2) is 12.4 Å². The maximum atomic E-state index is 12.7. The van der Waals surface area contributed by atoms with E-state index in [0.717, 1.165) is 36.4 Å². The van der Waals surface area contributed by atoms with Gasteiger partial charge in [0.1, 0.15) is 5.75 Å². The lowest BCUT2D eigenvalue weighted by molar-refractivity contribution is -0.378. The van der Waals surface area contributed by atoms with E-state index in [1.807, 2.05) is 23.4 Å². The van der Waals surface area contributed by atoms with E-state index < -0.39 is 0 Å². The Morgan fingerprint density at radius 3 is 1.91 bits per heavy atom. The second-order valence-electron chi connectivity index (χ2n) is 13.2. The zero-order valence-corrected chi connectivity index (χ0v) is 29.7. The van der Waals surface area contributed by atoms with Crippen molar-refractivity contribution >= 4 is 11.6 Å². The van der Waals surface area contributed by atoms with Crippen molar-refractivity contribution in [3.63, 3.8) is 0 Å². The first-order valence-electron chi connectivity index (χ1n) is 16.9. The third-order valence-electron chi connectivity index (χ3n) is 8.26. The quantitative estimate of drug-likeness (QED) is 0.129. The molecule has 0 aliphatic heterocycles. The van der Waals surface area contributed by atoms with E-state index >= 15 is 0 Å². The third kappa shape index (κ3) is 13.5. The summed E-state index contributed by atoms with van der Waals surface area (Å²) in [5.41, 5.74) is 5.62. The maximum Gasteiger partial charge on any atom is 0.224 e. The molecule has 0 bridgehead atoms. The normalized spacial score (nSPS) is 11.2. The number of carbonyl (C=O) groups excluding carboxylic acids is 1. The Morgan fingerprint density at radius 1 is 0.773 bits per heavy atom. The van der Waals surface area contributed by atoms with Gasteiger partial charge >= 0.3 is 0 Å². The highest BCUT2D eigenvalue weighted by Gasteiger charge is 2.21. The molecule has 2 aromatic carbocycles. The van der Waals surface area contributed by atoms with Crippen LogP contribution >= 0.6 is 0 Å². The summed E-state index contributed by atoms with van der Waals surface area (Å²) in [7, 11) is 0. The van der Waals surface area contributed by atoms with E-state index in [9.17, 15) is 4.79 Å². The molecule has 4 nitrogen and oxygen atoms in total. The molecular weight excluding hydrogens is 608 g/mol. The molecule has 3 aromatic rings. The van der Waals surface area contributed by atoms with Crippen molar-refractivity contribution in [3.05, 3.63) is 89.2 Å². The van der Waals surface area contributed by atoms with Crippen molar-refractivity contribution in [2.45, 2.75) is 130 Å². The van der Waals surface area contributed by atoms with E-state index in [4.69, 9.17) is 4.74 Å². The van der Waals surface area contributed by atoms with Crippen molar-refractivity contribution in [1.82, 2.24) is 0 Å². The van der Waals surface area contributed by atoms with Crippen molar-refractivity contribution in [1.29, 1.82) is 0 Å². The number of benzene rings is 2. The summed E-state index contributed by atoms with van der Waals surface area (Å²) in [6, 6.07) is 18.9. The van der Waals surface area contributed by atoms with Crippen LogP contribution in [0.3, 0.4) is 0 Å². The number of anilines is 1. The molecule has 1 aromatic heterocycles. The van der Waals surface area contributed by atoms with Crippen LogP contribution in [0.15, 0.2) is 67.0 Å². The molecule has 242 valence electrons. The number of aromatic nitrogens is 1. The van der Waals surface area contributed by atoms with Gasteiger partial charge in [-0.05, 0) is 58.9 Å². The highest BCUT2D eigenvalue weighted by molar-refractivity contribution is 5.91. The van der Waals surface area contributed by atoms with Crippen LogP contribution in [0.5, 0.6) is 5.75 Å². The van der Waals surface area contributed by atoms with Crippen molar-refractivity contribution in [2.75, 3.05) is 11.5 Å². The first-order valence-corrected chi connectivity index (χ1v) is 16.9. The second-order valence-corrected chi connectivity index (χ2v) is 13.2. The molecule has 0 atom stereocenters. The van der Waals surface area contributed by atoms with Crippen LogP contribution in [-0.2, 0) is 23.2 Å². The predicted octanol–water partition coefficient (Wildman–Crippen LogP) is 7.03. The number of nitrogens with zero attached hydrogens (tertiary/aromatic N) is 1. The average Bonchev–Trinajstić information content (AvgIpc) is 2.99. The van der Waals surface area contributed by atoms with Gasteiger partial charge in [0.05, 0.1) is 13.2 Å². The summed E-state index contributed by atoms with van der Waals surface area (Å²) in [6.07, 6.45) is 20.9. The minimum absolute atomic E-state index is 0. The number of rotatable bonds is 19. The molecular formula is C39H57BrN2O2. The minimum Gasteiger partial charge on any atom is -1.00 e. The number of pyridine rings is 1. The van der Waals surface area contributed by atoms with Crippen molar-refractivity contribution < 1.29 is 31.5 Å². The third-order valence-corrected chi connectivity index (χ3v) is 8.26. The average molecular weight is 666 g/mol. The Morgan fingerprint density at radius 2 is 1.36 bits per heavy atom. The van der Waals surface area contributed by atoms with E-state index in [0.29, 0.717) is 6.54 Å². The predicted molar refractivity (Wildman–Crippen MR) is 181 cm³/mol. The first-order chi connectivity index (χ1) is 20.8. The summed E-state index contributed by atoms with van der Waals surface area (Å²) in [4.78, 5) is 17.7. The summed E-state index contributed by atoms with van der Waals surface area (Å²) >= 11 is 0. The molecule has 0 aliphatic rings. The number of nitrogens with one attached hydrogen (secondary N) is 1. The topological polar surface area (TPSA) is 43.7 Å². The molecule has 5 heteroatoms. The smallest absolute Gasteiger partial charge is 0.224 e. The number of aromatic amines is 1. The maximum absolute atomic E-state index is 12.7. The largest absolute Gasteiger partial charge is 1.00 e. The Balaban J connectivity index is 0.00000675. The summed E-state index contributed by atoms with van der Waals surface area (Å²) in [6.45, 7) is 11.9. The molecule has 1 N–H and O–H groups in total. The Hall–Kier alpha value is -2.66. The number of unbranched alkanes of at least 4 members (excludes halogenated alkanes) is 11. The van der Waals surface area contributed by atoms with Crippen LogP contribution in [-0.4, -0.2) is 12.5 Å². The zero-order valence-electron chi connectivity index (χ0n) is 28.1. The van der Waals surface area contributed by atoms with Gasteiger partial charge in [0.25, 0.3) is 0 Å². The molecule has 0 fully saturated rings. The summed E-state index contributed by atoms with van der Waals surface area (Å²) in [5, 5.41) is 0. The van der Waals surface area contributed by atoms with Gasteiger partial charge in [-0.25, -0.2) is 4.98 Å². The second kappa shape index (κ2) is 20.4. The van der Waals surface area contributed by atoms with Gasteiger partial charge in [0, 0.05) is 30.7 Å². The highest BCUT2D eigenvalue weighted by atomic mass is 79.9. The van der Waals surface area contributed by atoms with Crippen LogP contribution in [0, 0.1) is 0 Å². The fraction of sp³-hybridized carbons (Fsp3) is 0.538. The van der Waals surface area contributed by atoms with Crippen LogP contribution in [0.1, 0.15) is 134 Å². The lowest BCUT2D eigenvalue weighted by atomic mass is 9.85. The lowest BCUT2D eigenvalue weighted by Crippen LogP contribution is -3.00. The standard InChI is InChI=1S/C39H56N2O2.BrH/c1-6-7-8-9-10-11-12-13-14-15-16-17-27-43-38-25-22-35(29-37(38)39(3,4)5)31-41(32(2)42)36-23-20-33(21-24-36)28-34-19-18-26-40-30-34;/h18-26,29-30H,6-17,27-28,31H2,1-5H3;1H. The molecule has 0 saturated carbocycles. The van der Waals surface area contributed by atoms with Gasteiger partial charge in [-0.1, -0.05) is 117 Å². The van der Waals surface area contributed by atoms with Crippen LogP contribution in [0.4, 0.5) is 5.69 Å². The molecule has 3 rings (SSSR count). The Labute approximate surface area is 278 Å². The first kappa shape index (κ1) is 37.5. The monoisotopic (exact) mass is 664 g/mol. The van der Waals surface area contributed by atoms with Gasteiger partial charge in [-0.3, -0.25) is 4.79 Å². The Bertz CT molecular complexity index is 1210. The molecule has 44 heavy (non-hydrogen) atoms. The van der Waals surface area contributed by atoms with Crippen LogP contribution in [0.25, 0.3) is 0 Å². The van der Waals surface area contributed by atoms with Gasteiger partial charge < -0.3 is 26.6 Å². The number of carbonyl (C=O) groups is 1. The fourth-order valence-electron chi connectivity index (χ4n) is 5.65. The van der Waals surface area contributed by atoms with Gasteiger partial charge in [-0.2, -0.15) is 0 Å². The number of hydrogen-bond donors (Lipinski definition) is 0. The molecule has 0 saturated heterocycles. The number of hydrogen-bond acceptors (Lipinski definition) is 2. The number of amides is 1. The Kier molecular flexibility index (Phi) is 17.4. The SMILES string of the molecule is CCCCCCCCCCCCCCOc1ccc(CN(C(C)=O)c2ccc(Cc3ccc[nH+]c3)cc2)cc1C(C)(C)C.[Br-]. The van der Waals surface area contributed by atoms with Crippen molar-refractivity contribution in [3.8, 4) is 5.75 Å².